The Morgan fingerprint density at radius 2 is 1.43 bits per heavy atom. The van der Waals surface area contributed by atoms with Crippen molar-refractivity contribution in [2.24, 2.45) is 0 Å². The molecule has 118 valence electrons. The van der Waals surface area contributed by atoms with E-state index in [4.69, 9.17) is 9.31 Å². The summed E-state index contributed by atoms with van der Waals surface area (Å²) in [7, 11) is -0.332. The molecule has 0 amide bonds. The average Bonchev–Trinajstić information content (AvgIpc) is 2.93. The van der Waals surface area contributed by atoms with Gasteiger partial charge in [-0.1, -0.05) is 28.1 Å². The standard InChI is InChI=1S/C18H19BBrNO2/c1-17(2)18(3,4)23-19(22-17)11-5-7-15-13(9-11)14-10-12(20)6-8-16(14)21-15/h5-10,21H,1-4H3. The summed E-state index contributed by atoms with van der Waals surface area (Å²) in [5.41, 5.74) is 2.66. The maximum atomic E-state index is 6.17. The van der Waals surface area contributed by atoms with Crippen molar-refractivity contribution in [3.05, 3.63) is 40.9 Å². The first-order valence-electron chi connectivity index (χ1n) is 7.83. The quantitative estimate of drug-likeness (QED) is 0.644. The highest BCUT2D eigenvalue weighted by Gasteiger charge is 2.51. The Kier molecular flexibility index (Phi) is 3.22. The molecule has 2 aromatic carbocycles. The van der Waals surface area contributed by atoms with Crippen molar-refractivity contribution in [3.63, 3.8) is 0 Å². The fraction of sp³-hybridized carbons (Fsp3) is 0.333. The number of aromatic amines is 1. The fourth-order valence-electron chi connectivity index (χ4n) is 3.01. The van der Waals surface area contributed by atoms with E-state index in [0.717, 1.165) is 21.0 Å². The maximum absolute atomic E-state index is 6.17. The molecular weight excluding hydrogens is 353 g/mol. The number of benzene rings is 2. The Hall–Kier alpha value is -1.30. The minimum Gasteiger partial charge on any atom is -0.399 e. The summed E-state index contributed by atoms with van der Waals surface area (Å²) in [6, 6.07) is 12.6. The topological polar surface area (TPSA) is 34.2 Å². The third kappa shape index (κ3) is 2.33. The molecule has 1 saturated heterocycles. The first-order chi connectivity index (χ1) is 10.8. The van der Waals surface area contributed by atoms with Crippen LogP contribution in [0, 0.1) is 0 Å². The van der Waals surface area contributed by atoms with Gasteiger partial charge in [-0.05, 0) is 57.4 Å². The monoisotopic (exact) mass is 371 g/mol. The highest BCUT2D eigenvalue weighted by atomic mass is 79.9. The smallest absolute Gasteiger partial charge is 0.399 e. The van der Waals surface area contributed by atoms with Crippen molar-refractivity contribution >= 4 is 50.3 Å². The van der Waals surface area contributed by atoms with Crippen molar-refractivity contribution in [1.29, 1.82) is 0 Å². The van der Waals surface area contributed by atoms with E-state index in [9.17, 15) is 0 Å². The Labute approximate surface area is 144 Å². The minimum absolute atomic E-state index is 0.324. The number of rotatable bonds is 1. The lowest BCUT2D eigenvalue weighted by atomic mass is 9.78. The summed E-state index contributed by atoms with van der Waals surface area (Å²) in [5, 5.41) is 2.39. The van der Waals surface area contributed by atoms with E-state index < -0.39 is 0 Å². The van der Waals surface area contributed by atoms with Crippen LogP contribution in [0.4, 0.5) is 0 Å². The molecule has 0 aliphatic carbocycles. The molecule has 5 heteroatoms. The number of fused-ring (bicyclic) bond motifs is 3. The van der Waals surface area contributed by atoms with Gasteiger partial charge in [0.1, 0.15) is 0 Å². The van der Waals surface area contributed by atoms with E-state index >= 15 is 0 Å². The molecule has 0 unspecified atom stereocenters. The Balaban J connectivity index is 1.83. The van der Waals surface area contributed by atoms with Gasteiger partial charge in [-0.15, -0.1) is 0 Å². The molecule has 0 atom stereocenters. The van der Waals surface area contributed by atoms with Crippen LogP contribution in [0.5, 0.6) is 0 Å². The molecule has 0 saturated carbocycles. The van der Waals surface area contributed by atoms with Crippen LogP contribution in [-0.4, -0.2) is 23.3 Å². The van der Waals surface area contributed by atoms with E-state index in [1.165, 1.54) is 10.8 Å². The van der Waals surface area contributed by atoms with Gasteiger partial charge in [0.05, 0.1) is 11.2 Å². The lowest BCUT2D eigenvalue weighted by molar-refractivity contribution is 0.00578. The molecule has 3 aromatic rings. The SMILES string of the molecule is CC1(C)OB(c2ccc3[nH]c4ccc(Br)cc4c3c2)OC1(C)C. The molecule has 2 heterocycles. The van der Waals surface area contributed by atoms with E-state index in [2.05, 4.69) is 78.9 Å². The maximum Gasteiger partial charge on any atom is 0.494 e. The van der Waals surface area contributed by atoms with Crippen LogP contribution in [0.1, 0.15) is 27.7 Å². The van der Waals surface area contributed by atoms with Gasteiger partial charge in [0.15, 0.2) is 0 Å². The van der Waals surface area contributed by atoms with Crippen molar-refractivity contribution in [1.82, 2.24) is 4.98 Å². The summed E-state index contributed by atoms with van der Waals surface area (Å²) in [4.78, 5) is 3.45. The fourth-order valence-corrected chi connectivity index (χ4v) is 3.37. The minimum atomic E-state index is -0.332. The zero-order valence-electron chi connectivity index (χ0n) is 13.7. The van der Waals surface area contributed by atoms with Crippen LogP contribution in [0.25, 0.3) is 21.8 Å². The molecule has 3 nitrogen and oxygen atoms in total. The van der Waals surface area contributed by atoms with E-state index in [0.29, 0.717) is 0 Å². The first-order valence-corrected chi connectivity index (χ1v) is 8.63. The average molecular weight is 372 g/mol. The third-order valence-electron chi connectivity index (χ3n) is 5.11. The van der Waals surface area contributed by atoms with Gasteiger partial charge < -0.3 is 14.3 Å². The number of H-pyrrole nitrogens is 1. The lowest BCUT2D eigenvalue weighted by Gasteiger charge is -2.32. The highest BCUT2D eigenvalue weighted by Crippen LogP contribution is 2.37. The third-order valence-corrected chi connectivity index (χ3v) is 5.60. The number of aromatic nitrogens is 1. The number of hydrogen-bond acceptors (Lipinski definition) is 2. The largest absolute Gasteiger partial charge is 0.494 e. The lowest BCUT2D eigenvalue weighted by Crippen LogP contribution is -2.41. The second-order valence-electron chi connectivity index (χ2n) is 7.21. The molecule has 0 radical (unpaired) electrons. The first kappa shape index (κ1) is 15.2. The molecule has 0 spiro atoms. The van der Waals surface area contributed by atoms with Crippen molar-refractivity contribution in [2.75, 3.05) is 0 Å². The van der Waals surface area contributed by atoms with Gasteiger partial charge in [0.25, 0.3) is 0 Å². The molecule has 4 rings (SSSR count). The predicted molar refractivity (Wildman–Crippen MR) is 99.2 cm³/mol. The van der Waals surface area contributed by atoms with Crippen molar-refractivity contribution in [3.8, 4) is 0 Å². The molecule has 1 aliphatic rings. The van der Waals surface area contributed by atoms with Gasteiger partial charge in [-0.2, -0.15) is 0 Å². The van der Waals surface area contributed by atoms with Crippen LogP contribution < -0.4 is 5.46 Å². The van der Waals surface area contributed by atoms with Crippen LogP contribution in [0.2, 0.25) is 0 Å². The molecule has 0 bridgehead atoms. The van der Waals surface area contributed by atoms with Crippen LogP contribution >= 0.6 is 15.9 Å². The van der Waals surface area contributed by atoms with Gasteiger partial charge in [-0.3, -0.25) is 0 Å². The number of halogens is 1. The Morgan fingerprint density at radius 3 is 2.09 bits per heavy atom. The second-order valence-corrected chi connectivity index (χ2v) is 8.12. The highest BCUT2D eigenvalue weighted by molar-refractivity contribution is 9.10. The predicted octanol–water partition coefficient (Wildman–Crippen LogP) is 4.38. The van der Waals surface area contributed by atoms with Gasteiger partial charge in [0, 0.05) is 26.3 Å². The van der Waals surface area contributed by atoms with Gasteiger partial charge in [-0.25, -0.2) is 0 Å². The normalized spacial score (nSPS) is 19.8. The molecule has 1 N–H and O–H groups in total. The van der Waals surface area contributed by atoms with Gasteiger partial charge >= 0.3 is 7.12 Å². The zero-order valence-corrected chi connectivity index (χ0v) is 15.3. The summed E-state index contributed by atoms with van der Waals surface area (Å²) < 4.78 is 13.4. The van der Waals surface area contributed by atoms with Crippen molar-refractivity contribution < 1.29 is 9.31 Å². The molecular formula is C18H19BBrNO2. The van der Waals surface area contributed by atoms with E-state index in [1.54, 1.807) is 0 Å². The molecule has 1 fully saturated rings. The second kappa shape index (κ2) is 4.85. The summed E-state index contributed by atoms with van der Waals surface area (Å²) >= 11 is 3.55. The van der Waals surface area contributed by atoms with Gasteiger partial charge in [0.2, 0.25) is 0 Å². The Morgan fingerprint density at radius 1 is 0.870 bits per heavy atom. The number of nitrogens with one attached hydrogen (secondary N) is 1. The van der Waals surface area contributed by atoms with Crippen molar-refractivity contribution in [2.45, 2.75) is 38.9 Å². The summed E-state index contributed by atoms with van der Waals surface area (Å²) in [5.74, 6) is 0. The zero-order chi connectivity index (χ0) is 16.4. The molecule has 1 aliphatic heterocycles. The van der Waals surface area contributed by atoms with Crippen LogP contribution in [0.3, 0.4) is 0 Å². The Bertz CT molecular complexity index is 900. The van der Waals surface area contributed by atoms with Crippen LogP contribution in [0.15, 0.2) is 40.9 Å². The number of hydrogen-bond donors (Lipinski definition) is 1. The molecule has 23 heavy (non-hydrogen) atoms. The summed E-state index contributed by atoms with van der Waals surface area (Å²) in [6.07, 6.45) is 0. The van der Waals surface area contributed by atoms with Crippen LogP contribution in [-0.2, 0) is 9.31 Å². The van der Waals surface area contributed by atoms with E-state index in [1.807, 2.05) is 6.07 Å². The molecule has 1 aromatic heterocycles. The summed E-state index contributed by atoms with van der Waals surface area (Å²) in [6.45, 7) is 8.31. The van der Waals surface area contributed by atoms with E-state index in [-0.39, 0.29) is 18.3 Å².